The molecule has 0 spiro atoms. The molecule has 0 aliphatic rings. The fourth-order valence-corrected chi connectivity index (χ4v) is 2.02. The van der Waals surface area contributed by atoms with E-state index < -0.39 is 70.5 Å². The Morgan fingerprint density at radius 3 is 1.72 bits per heavy atom. The van der Waals surface area contributed by atoms with Crippen LogP contribution in [-0.4, -0.2) is 45.2 Å². The maximum absolute atomic E-state index is 13.8. The molecule has 0 atom stereocenters. The summed E-state index contributed by atoms with van der Waals surface area (Å²) >= 11 is 0. The van der Waals surface area contributed by atoms with Crippen molar-refractivity contribution in [1.29, 1.82) is 10.5 Å². The standard InChI is InChI=1S/C12H14FN3O.C8H9FN2O.C4H9NSi.C3H6O/c1-12(2,7-14)16-8-4-5-9(10(13)6-8)11(17)15-3;1-11-8(12)6-3-2-5(10)4-7(6)9;1-6(2,3)4-5;1-3(2)4/h4-6,16H,1-3H3,(H,15,17);2-4H,10H2,1H3,(H,11,12);1-3H3;1-2H3/i3D3;1D3;;1D3,2D3. The van der Waals surface area contributed by atoms with Gasteiger partial charge >= 0.3 is 0 Å². The van der Waals surface area contributed by atoms with E-state index in [4.69, 9.17) is 32.7 Å². The van der Waals surface area contributed by atoms with Crippen molar-refractivity contribution in [2.24, 2.45) is 0 Å². The molecule has 9 nitrogen and oxygen atoms in total. The quantitative estimate of drug-likeness (QED) is 0.306. The highest BCUT2D eigenvalue weighted by atomic mass is 28.3. The summed E-state index contributed by atoms with van der Waals surface area (Å²) in [7, 11) is -1.33. The third kappa shape index (κ3) is 17.0. The van der Waals surface area contributed by atoms with Gasteiger partial charge in [0.05, 0.1) is 17.2 Å². The molecule has 5 N–H and O–H groups in total. The lowest BCUT2D eigenvalue weighted by Gasteiger charge is -2.19. The summed E-state index contributed by atoms with van der Waals surface area (Å²) in [6.45, 7) is -2.04. The van der Waals surface area contributed by atoms with E-state index in [2.05, 4.69) is 11.0 Å². The average molecular weight is 573 g/mol. The Kier molecular flexibility index (Phi) is 8.73. The number of halogens is 2. The Morgan fingerprint density at radius 1 is 0.923 bits per heavy atom. The summed E-state index contributed by atoms with van der Waals surface area (Å²) < 4.78 is 106. The number of nitriles is 2. The predicted molar refractivity (Wildman–Crippen MR) is 153 cm³/mol. The molecule has 0 aliphatic carbocycles. The second-order valence-electron chi connectivity index (χ2n) is 8.89. The molecule has 0 saturated heterocycles. The van der Waals surface area contributed by atoms with E-state index in [1.165, 1.54) is 12.1 Å². The SMILES string of the molecule is C[Si](C)(C)C#N.[2H]C([2H])([2H])C(=O)C([2H])([2H])[2H].[2H]C([2H])([2H])NC(=O)c1ccc(N)cc1F.[2H]C([2H])([2H])NC(=O)c1ccc(NC(C)(C)C#N)cc1F. The Bertz CT molecular complexity index is 1590. The van der Waals surface area contributed by atoms with Crippen LogP contribution in [0.3, 0.4) is 0 Å². The lowest BCUT2D eigenvalue weighted by molar-refractivity contribution is -0.115. The van der Waals surface area contributed by atoms with Crippen LogP contribution < -0.4 is 21.7 Å². The molecular weight excluding hydrogens is 522 g/mol. The van der Waals surface area contributed by atoms with Gasteiger partial charge in [-0.05, 0) is 63.9 Å². The first-order chi connectivity index (χ1) is 22.5. The van der Waals surface area contributed by atoms with Gasteiger partial charge in [-0.1, -0.05) is 19.6 Å². The number of nitrogens with two attached hydrogens (primary N) is 1. The first-order valence-corrected chi connectivity index (χ1v) is 14.2. The molecule has 0 aliphatic heterocycles. The van der Waals surface area contributed by atoms with Crippen LogP contribution in [0.5, 0.6) is 0 Å². The number of benzene rings is 2. The fourth-order valence-electron chi connectivity index (χ4n) is 2.02. The molecule has 0 aromatic heterocycles. The maximum atomic E-state index is 13.8. The molecule has 0 radical (unpaired) electrons. The molecule has 12 heteroatoms. The van der Waals surface area contributed by atoms with Gasteiger partial charge in [-0.2, -0.15) is 5.26 Å². The van der Waals surface area contributed by atoms with Gasteiger partial charge < -0.3 is 26.5 Å². The highest BCUT2D eigenvalue weighted by Crippen LogP contribution is 2.18. The van der Waals surface area contributed by atoms with Crippen LogP contribution in [0.15, 0.2) is 36.4 Å². The number of hydrogen-bond donors (Lipinski definition) is 4. The van der Waals surface area contributed by atoms with E-state index >= 15 is 0 Å². The Hall–Kier alpha value is -4.29. The molecule has 39 heavy (non-hydrogen) atoms. The molecule has 0 bridgehead atoms. The molecule has 2 amide bonds. The van der Waals surface area contributed by atoms with E-state index in [1.807, 2.05) is 25.7 Å². The molecule has 212 valence electrons. The van der Waals surface area contributed by atoms with Crippen LogP contribution in [0.25, 0.3) is 0 Å². The highest BCUT2D eigenvalue weighted by molar-refractivity contribution is 6.83. The van der Waals surface area contributed by atoms with Crippen molar-refractivity contribution in [3.63, 3.8) is 0 Å². The van der Waals surface area contributed by atoms with E-state index in [0.717, 1.165) is 24.3 Å². The Labute approximate surface area is 247 Å². The third-order valence-electron chi connectivity index (χ3n) is 3.75. The van der Waals surface area contributed by atoms with Crippen LogP contribution in [0.1, 0.15) is 64.7 Å². The first kappa shape index (κ1) is 19.7. The van der Waals surface area contributed by atoms with E-state index in [0.29, 0.717) is 5.69 Å². The molecule has 0 unspecified atom stereocenters. The van der Waals surface area contributed by atoms with Crippen molar-refractivity contribution >= 4 is 37.0 Å². The molecule has 2 aromatic rings. The van der Waals surface area contributed by atoms with E-state index in [9.17, 15) is 23.2 Å². The smallest absolute Gasteiger partial charge is 0.253 e. The van der Waals surface area contributed by atoms with E-state index in [-0.39, 0.29) is 16.8 Å². The van der Waals surface area contributed by atoms with Gasteiger partial charge in [-0.25, -0.2) is 14.0 Å². The lowest BCUT2D eigenvalue weighted by Crippen LogP contribution is -2.28. The van der Waals surface area contributed by atoms with Crippen LogP contribution >= 0.6 is 0 Å². The van der Waals surface area contributed by atoms with Gasteiger partial charge in [0.15, 0.2) is 8.07 Å². The summed E-state index contributed by atoms with van der Waals surface area (Å²) in [6, 6.07) is 8.98. The van der Waals surface area contributed by atoms with Gasteiger partial charge in [0.2, 0.25) is 0 Å². The zero-order valence-corrected chi connectivity index (χ0v) is 22.9. The van der Waals surface area contributed by atoms with Crippen LogP contribution in [0.4, 0.5) is 20.2 Å². The highest BCUT2D eigenvalue weighted by Gasteiger charge is 2.17. The largest absolute Gasteiger partial charge is 0.399 e. The lowest BCUT2D eigenvalue weighted by atomic mass is 10.1. The van der Waals surface area contributed by atoms with Gasteiger partial charge in [0, 0.05) is 47.5 Å². The first-order valence-electron chi connectivity index (χ1n) is 16.7. The summed E-state index contributed by atoms with van der Waals surface area (Å²) in [5.74, 6) is -5.41. The molecule has 0 heterocycles. The number of Topliss-reactive ketones (excluding diaryl/α,β-unsaturated/α-hetero) is 1. The van der Waals surface area contributed by atoms with Crippen molar-refractivity contribution in [2.45, 2.75) is 52.7 Å². The average Bonchev–Trinajstić information content (AvgIpc) is 2.90. The topological polar surface area (TPSA) is 161 Å². The van der Waals surface area contributed by atoms with Gasteiger partial charge in [0.25, 0.3) is 11.8 Å². The summed E-state index contributed by atoms with van der Waals surface area (Å²) in [6.07, 6.45) is 0. The second-order valence-corrected chi connectivity index (χ2v) is 13.6. The van der Waals surface area contributed by atoms with Gasteiger partial charge in [-0.15, -0.1) is 0 Å². The van der Waals surface area contributed by atoms with Gasteiger partial charge in [-0.3, -0.25) is 9.59 Å². The molecule has 2 aromatic carbocycles. The summed E-state index contributed by atoms with van der Waals surface area (Å²) in [5.41, 5.74) is 6.38. The number of hydrogen-bond acceptors (Lipinski definition) is 7. The normalized spacial score (nSPS) is 15.6. The number of ketones is 1. The second kappa shape index (κ2) is 17.3. The van der Waals surface area contributed by atoms with E-state index in [1.54, 1.807) is 24.5 Å². The Balaban J connectivity index is 0. The number of amides is 2. The molecule has 0 fully saturated rings. The van der Waals surface area contributed by atoms with Gasteiger partial charge in [0.1, 0.15) is 23.0 Å². The van der Waals surface area contributed by atoms with Crippen molar-refractivity contribution in [3.8, 4) is 11.8 Å². The number of anilines is 2. The third-order valence-corrected chi connectivity index (χ3v) is 4.42. The number of nitrogens with zero attached hydrogens (tertiary/aromatic N) is 2. The monoisotopic (exact) mass is 572 g/mol. The number of nitrogen functional groups attached to an aromatic ring is 1. The number of carbonyl (C=O) groups is 3. The minimum absolute atomic E-state index is 0.165. The number of rotatable bonds is 4. The maximum Gasteiger partial charge on any atom is 0.253 e. The number of carbonyl (C=O) groups excluding carboxylic acids is 3. The molecule has 0 saturated carbocycles. The van der Waals surface area contributed by atoms with Crippen LogP contribution in [0.2, 0.25) is 19.6 Å². The summed E-state index contributed by atoms with van der Waals surface area (Å²) in [5, 5.41) is 23.2. The molecular formula is C27H38F2N6O3Si. The number of nitrogens with one attached hydrogen (secondary N) is 3. The van der Waals surface area contributed by atoms with Crippen LogP contribution in [-0.2, 0) is 4.79 Å². The predicted octanol–water partition coefficient (Wildman–Crippen LogP) is 4.65. The van der Waals surface area contributed by atoms with Crippen molar-refractivity contribution < 1.29 is 39.6 Å². The fraction of sp³-hybridized carbons (Fsp3) is 0.370. The van der Waals surface area contributed by atoms with Crippen LogP contribution in [0, 0.1) is 33.9 Å². The minimum atomic E-state index is -3.01. The zero-order chi connectivity index (χ0) is 41.0. The van der Waals surface area contributed by atoms with Crippen molar-refractivity contribution in [2.75, 3.05) is 25.0 Å². The minimum Gasteiger partial charge on any atom is -0.399 e. The summed E-state index contributed by atoms with van der Waals surface area (Å²) in [4.78, 5) is 33.2. The zero-order valence-electron chi connectivity index (χ0n) is 33.9. The molecule has 2 rings (SSSR count). The Morgan fingerprint density at radius 2 is 1.38 bits per heavy atom. The van der Waals surface area contributed by atoms with Crippen molar-refractivity contribution in [1.82, 2.24) is 10.6 Å². The van der Waals surface area contributed by atoms with Crippen molar-refractivity contribution in [3.05, 3.63) is 59.2 Å².